The van der Waals surface area contributed by atoms with Gasteiger partial charge in [-0.15, -0.1) is 0 Å². The van der Waals surface area contributed by atoms with Gasteiger partial charge in [-0.25, -0.2) is 0 Å². The summed E-state index contributed by atoms with van der Waals surface area (Å²) in [5.74, 6) is -1.46. The van der Waals surface area contributed by atoms with Crippen LogP contribution in [0.4, 0.5) is 10.1 Å². The highest BCUT2D eigenvalue weighted by molar-refractivity contribution is 5.56. The molecule has 0 heterocycles. The molecule has 0 radical (unpaired) electrons. The quantitative estimate of drug-likeness (QED) is 0.411. The molecule has 7 heteroatoms. The van der Waals surface area contributed by atoms with E-state index >= 15 is 0 Å². The lowest BCUT2D eigenvalue weighted by molar-refractivity contribution is -0.386. The monoisotopic (exact) mass is 230 g/mol. The van der Waals surface area contributed by atoms with Gasteiger partial charge < -0.3 is 15.9 Å². The van der Waals surface area contributed by atoms with Crippen molar-refractivity contribution >= 4 is 5.69 Å². The largest absolute Gasteiger partial charge is 0.504 e. The molecule has 0 aliphatic rings. The SMILES string of the molecule is N[C@H](CCF)c1cc(O)c(O)c([N+](=O)[O-])c1. The third-order valence-electron chi connectivity index (χ3n) is 2.14. The van der Waals surface area contributed by atoms with Crippen LogP contribution in [0, 0.1) is 10.1 Å². The Morgan fingerprint density at radius 3 is 2.62 bits per heavy atom. The van der Waals surface area contributed by atoms with E-state index in [1.807, 2.05) is 0 Å². The fraction of sp³-hybridized carbons (Fsp3) is 0.333. The van der Waals surface area contributed by atoms with E-state index in [9.17, 15) is 24.7 Å². The number of hydrogen-bond donors (Lipinski definition) is 3. The van der Waals surface area contributed by atoms with Crippen LogP contribution in [0.3, 0.4) is 0 Å². The molecule has 0 saturated heterocycles. The van der Waals surface area contributed by atoms with Crippen molar-refractivity contribution in [3.8, 4) is 11.5 Å². The van der Waals surface area contributed by atoms with Gasteiger partial charge in [0.05, 0.1) is 11.6 Å². The summed E-state index contributed by atoms with van der Waals surface area (Å²) in [6, 6.07) is 1.35. The third kappa shape index (κ3) is 2.37. The summed E-state index contributed by atoms with van der Waals surface area (Å²) in [5.41, 5.74) is 5.10. The summed E-state index contributed by atoms with van der Waals surface area (Å²) in [7, 11) is 0. The van der Waals surface area contributed by atoms with Gasteiger partial charge in [-0.1, -0.05) is 0 Å². The maximum Gasteiger partial charge on any atom is 0.314 e. The zero-order chi connectivity index (χ0) is 12.3. The minimum Gasteiger partial charge on any atom is -0.504 e. The highest BCUT2D eigenvalue weighted by Crippen LogP contribution is 2.37. The minimum absolute atomic E-state index is 0.0125. The Morgan fingerprint density at radius 1 is 1.50 bits per heavy atom. The number of phenols is 2. The maximum absolute atomic E-state index is 12.0. The minimum atomic E-state index is -0.847. The molecule has 1 atom stereocenters. The van der Waals surface area contributed by atoms with Crippen LogP contribution in [0.15, 0.2) is 12.1 Å². The molecular weight excluding hydrogens is 219 g/mol. The van der Waals surface area contributed by atoms with Crippen molar-refractivity contribution < 1.29 is 19.5 Å². The summed E-state index contributed by atoms with van der Waals surface area (Å²) in [6.45, 7) is -0.670. The van der Waals surface area contributed by atoms with Crippen molar-refractivity contribution in [1.82, 2.24) is 0 Å². The molecule has 0 aliphatic carbocycles. The Bertz CT molecular complexity index is 411. The normalized spacial score (nSPS) is 12.4. The lowest BCUT2D eigenvalue weighted by Gasteiger charge is -2.10. The molecule has 0 unspecified atom stereocenters. The van der Waals surface area contributed by atoms with E-state index in [1.54, 1.807) is 0 Å². The van der Waals surface area contributed by atoms with Crippen molar-refractivity contribution in [3.05, 3.63) is 27.8 Å². The highest BCUT2D eigenvalue weighted by atomic mass is 19.1. The Morgan fingerprint density at radius 2 is 2.12 bits per heavy atom. The summed E-state index contributed by atoms with van der Waals surface area (Å²) in [4.78, 5) is 9.68. The second-order valence-corrected chi connectivity index (χ2v) is 3.25. The Kier molecular flexibility index (Phi) is 3.62. The molecular formula is C9H11FN2O4. The van der Waals surface area contributed by atoms with Gasteiger partial charge in [0, 0.05) is 12.1 Å². The highest BCUT2D eigenvalue weighted by Gasteiger charge is 2.20. The molecule has 16 heavy (non-hydrogen) atoms. The maximum atomic E-state index is 12.0. The third-order valence-corrected chi connectivity index (χ3v) is 2.14. The number of alkyl halides is 1. The molecule has 0 saturated carbocycles. The first-order valence-corrected chi connectivity index (χ1v) is 4.49. The number of nitro groups is 1. The Hall–Kier alpha value is -1.89. The van der Waals surface area contributed by atoms with Crippen LogP contribution in [0.25, 0.3) is 0 Å². The number of benzene rings is 1. The van der Waals surface area contributed by atoms with E-state index < -0.39 is 34.8 Å². The summed E-state index contributed by atoms with van der Waals surface area (Å²) < 4.78 is 12.0. The molecule has 0 bridgehead atoms. The van der Waals surface area contributed by atoms with E-state index in [-0.39, 0.29) is 12.0 Å². The number of nitrogens with zero attached hydrogens (tertiary/aromatic N) is 1. The van der Waals surface area contributed by atoms with Gasteiger partial charge in [0.2, 0.25) is 5.75 Å². The van der Waals surface area contributed by atoms with Crippen molar-refractivity contribution in [2.24, 2.45) is 5.73 Å². The van der Waals surface area contributed by atoms with Gasteiger partial charge in [-0.3, -0.25) is 14.5 Å². The Balaban J connectivity index is 3.18. The standard InChI is InChI=1S/C9H11FN2O4/c10-2-1-6(11)5-3-7(12(15)16)9(14)8(13)4-5/h3-4,6,13-14H,1-2,11H2/t6-/m1/s1. The number of phenolic OH excluding ortho intramolecular Hbond substituents is 2. The average Bonchev–Trinajstić information content (AvgIpc) is 2.21. The van der Waals surface area contributed by atoms with E-state index in [2.05, 4.69) is 0 Å². The molecule has 1 aromatic rings. The van der Waals surface area contributed by atoms with Gasteiger partial charge in [0.25, 0.3) is 0 Å². The summed E-state index contributed by atoms with van der Waals surface area (Å²) >= 11 is 0. The van der Waals surface area contributed by atoms with E-state index in [4.69, 9.17) is 5.73 Å². The van der Waals surface area contributed by atoms with Crippen LogP contribution in [-0.4, -0.2) is 21.8 Å². The molecule has 1 aromatic carbocycles. The lowest BCUT2D eigenvalue weighted by Crippen LogP contribution is -2.11. The average molecular weight is 230 g/mol. The number of halogens is 1. The van der Waals surface area contributed by atoms with Crippen LogP contribution >= 0.6 is 0 Å². The van der Waals surface area contributed by atoms with Gasteiger partial charge >= 0.3 is 5.69 Å². The van der Waals surface area contributed by atoms with Gasteiger partial charge in [-0.05, 0) is 18.1 Å². The molecule has 4 N–H and O–H groups in total. The van der Waals surface area contributed by atoms with E-state index in [1.165, 1.54) is 0 Å². The van der Waals surface area contributed by atoms with Crippen molar-refractivity contribution in [3.63, 3.8) is 0 Å². The van der Waals surface area contributed by atoms with Gasteiger partial charge in [0.15, 0.2) is 5.75 Å². The van der Waals surface area contributed by atoms with Gasteiger partial charge in [0.1, 0.15) is 0 Å². The number of aromatic hydroxyl groups is 2. The first-order valence-electron chi connectivity index (χ1n) is 4.49. The summed E-state index contributed by atoms with van der Waals surface area (Å²) in [6.07, 6.45) is -0.0125. The molecule has 0 fully saturated rings. The lowest BCUT2D eigenvalue weighted by atomic mass is 10.0. The second-order valence-electron chi connectivity index (χ2n) is 3.25. The molecule has 6 nitrogen and oxygen atoms in total. The zero-order valence-corrected chi connectivity index (χ0v) is 8.26. The number of rotatable bonds is 4. The van der Waals surface area contributed by atoms with Crippen molar-refractivity contribution in [1.29, 1.82) is 0 Å². The zero-order valence-electron chi connectivity index (χ0n) is 8.26. The van der Waals surface area contributed by atoms with Crippen LogP contribution < -0.4 is 5.73 Å². The molecule has 1 rings (SSSR count). The van der Waals surface area contributed by atoms with Crippen LogP contribution in [0.1, 0.15) is 18.0 Å². The molecule has 0 amide bonds. The predicted octanol–water partition coefficient (Wildman–Crippen LogP) is 1.37. The topological polar surface area (TPSA) is 110 Å². The second kappa shape index (κ2) is 4.75. The smallest absolute Gasteiger partial charge is 0.314 e. The number of hydrogen-bond acceptors (Lipinski definition) is 5. The van der Waals surface area contributed by atoms with Crippen LogP contribution in [0.2, 0.25) is 0 Å². The molecule has 0 aliphatic heterocycles. The van der Waals surface area contributed by atoms with Crippen molar-refractivity contribution in [2.45, 2.75) is 12.5 Å². The molecule has 0 aromatic heterocycles. The first-order chi connectivity index (χ1) is 7.47. The van der Waals surface area contributed by atoms with E-state index in [0.29, 0.717) is 0 Å². The summed E-state index contributed by atoms with van der Waals surface area (Å²) in [5, 5.41) is 29.0. The Labute approximate surface area is 90.3 Å². The fourth-order valence-electron chi connectivity index (χ4n) is 1.26. The predicted molar refractivity (Wildman–Crippen MR) is 53.9 cm³/mol. The molecule has 0 spiro atoms. The molecule has 88 valence electrons. The first kappa shape index (κ1) is 12.2. The van der Waals surface area contributed by atoms with Crippen LogP contribution in [0.5, 0.6) is 11.5 Å². The fourth-order valence-corrected chi connectivity index (χ4v) is 1.26. The van der Waals surface area contributed by atoms with Crippen LogP contribution in [-0.2, 0) is 0 Å². The van der Waals surface area contributed by atoms with E-state index in [0.717, 1.165) is 12.1 Å². The number of nitrogens with two attached hydrogens (primary N) is 1. The van der Waals surface area contributed by atoms with Gasteiger partial charge in [-0.2, -0.15) is 0 Å². The number of nitro benzene ring substituents is 1. The van der Waals surface area contributed by atoms with Crippen molar-refractivity contribution in [2.75, 3.05) is 6.67 Å².